The van der Waals surface area contributed by atoms with E-state index in [1.165, 1.54) is 0 Å². The quantitative estimate of drug-likeness (QED) is 0.550. The van der Waals surface area contributed by atoms with Crippen molar-refractivity contribution in [3.8, 4) is 0 Å². The van der Waals surface area contributed by atoms with Crippen molar-refractivity contribution in [2.45, 2.75) is 13.5 Å². The largest absolute Gasteiger partial charge is 0.358 e. The topological polar surface area (TPSA) is 119 Å². The van der Waals surface area contributed by atoms with Crippen molar-refractivity contribution in [1.29, 1.82) is 0 Å². The van der Waals surface area contributed by atoms with E-state index in [-0.39, 0.29) is 11.5 Å². The maximum Gasteiger partial charge on any atom is 0.343 e. The highest BCUT2D eigenvalue weighted by Gasteiger charge is 2.17. The normalized spacial score (nSPS) is 10.5. The van der Waals surface area contributed by atoms with Gasteiger partial charge >= 0.3 is 5.82 Å². The standard InChI is InChI=1S/C15H14N6O3/c1-10-7-13(19-20(10)9-11-5-3-2-4-6-11)16-15(22)12-8-14(18-17-12)21(23)24/h2-8H,9H2,1H3,(H,17,18)(H,16,19,22). The van der Waals surface area contributed by atoms with Crippen LogP contribution in [0, 0.1) is 17.0 Å². The molecule has 0 saturated heterocycles. The highest BCUT2D eigenvalue weighted by Crippen LogP contribution is 2.14. The molecule has 0 spiro atoms. The molecule has 3 aromatic rings. The molecule has 2 aromatic heterocycles. The number of nitro groups is 1. The van der Waals surface area contributed by atoms with Crippen LogP contribution in [0.3, 0.4) is 0 Å². The molecule has 122 valence electrons. The van der Waals surface area contributed by atoms with Gasteiger partial charge < -0.3 is 15.4 Å². The first-order valence-electron chi connectivity index (χ1n) is 7.12. The van der Waals surface area contributed by atoms with E-state index in [2.05, 4.69) is 20.6 Å². The van der Waals surface area contributed by atoms with E-state index in [0.29, 0.717) is 12.4 Å². The lowest BCUT2D eigenvalue weighted by Gasteiger charge is -2.04. The fourth-order valence-electron chi connectivity index (χ4n) is 2.19. The summed E-state index contributed by atoms with van der Waals surface area (Å²) in [5, 5.41) is 23.3. The molecular weight excluding hydrogens is 312 g/mol. The maximum absolute atomic E-state index is 12.1. The van der Waals surface area contributed by atoms with Crippen LogP contribution in [0.5, 0.6) is 0 Å². The minimum atomic E-state index is -0.650. The van der Waals surface area contributed by atoms with E-state index < -0.39 is 10.8 Å². The van der Waals surface area contributed by atoms with Crippen LogP contribution >= 0.6 is 0 Å². The second kappa shape index (κ2) is 6.32. The van der Waals surface area contributed by atoms with Crippen LogP contribution in [0.1, 0.15) is 21.7 Å². The molecule has 0 aliphatic heterocycles. The van der Waals surface area contributed by atoms with Gasteiger partial charge in [-0.25, -0.2) is 0 Å². The second-order valence-electron chi connectivity index (χ2n) is 5.16. The fourth-order valence-corrected chi connectivity index (χ4v) is 2.19. The molecule has 0 fully saturated rings. The molecule has 0 atom stereocenters. The number of nitrogens with one attached hydrogen (secondary N) is 2. The van der Waals surface area contributed by atoms with Crippen LogP contribution in [-0.4, -0.2) is 30.8 Å². The number of amides is 1. The highest BCUT2D eigenvalue weighted by molar-refractivity contribution is 6.02. The Morgan fingerprint density at radius 1 is 1.33 bits per heavy atom. The van der Waals surface area contributed by atoms with Gasteiger partial charge in [-0.3, -0.25) is 9.48 Å². The van der Waals surface area contributed by atoms with E-state index in [9.17, 15) is 14.9 Å². The summed E-state index contributed by atoms with van der Waals surface area (Å²) < 4.78 is 1.76. The smallest absolute Gasteiger partial charge is 0.343 e. The summed E-state index contributed by atoms with van der Waals surface area (Å²) in [5.41, 5.74) is 1.89. The average Bonchev–Trinajstić information content (AvgIpc) is 3.16. The monoisotopic (exact) mass is 326 g/mol. The second-order valence-corrected chi connectivity index (χ2v) is 5.16. The number of anilines is 1. The van der Waals surface area contributed by atoms with Crippen molar-refractivity contribution >= 4 is 17.5 Å². The average molecular weight is 326 g/mol. The van der Waals surface area contributed by atoms with Gasteiger partial charge in [-0.05, 0) is 17.4 Å². The van der Waals surface area contributed by atoms with Crippen molar-refractivity contribution in [3.63, 3.8) is 0 Å². The number of hydrogen-bond acceptors (Lipinski definition) is 5. The van der Waals surface area contributed by atoms with Gasteiger partial charge in [0.15, 0.2) is 11.5 Å². The molecule has 2 N–H and O–H groups in total. The number of carbonyl (C=O) groups excluding carboxylic acids is 1. The van der Waals surface area contributed by atoms with Crippen molar-refractivity contribution in [2.75, 3.05) is 5.32 Å². The SMILES string of the molecule is Cc1cc(NC(=O)c2cc([N+](=O)[O-])[nH]n2)nn1Cc1ccccc1. The molecule has 0 aliphatic rings. The van der Waals surface area contributed by atoms with Gasteiger partial charge in [-0.2, -0.15) is 5.10 Å². The van der Waals surface area contributed by atoms with E-state index in [1.807, 2.05) is 37.3 Å². The number of hydrogen-bond donors (Lipinski definition) is 2. The highest BCUT2D eigenvalue weighted by atomic mass is 16.6. The van der Waals surface area contributed by atoms with Crippen molar-refractivity contribution in [2.24, 2.45) is 0 Å². The number of aromatic nitrogens is 4. The van der Waals surface area contributed by atoms with E-state index in [0.717, 1.165) is 17.3 Å². The molecule has 0 saturated carbocycles. The number of rotatable bonds is 5. The Morgan fingerprint density at radius 3 is 2.75 bits per heavy atom. The molecule has 9 nitrogen and oxygen atoms in total. The molecule has 0 aliphatic carbocycles. The first-order chi connectivity index (χ1) is 11.5. The lowest BCUT2D eigenvalue weighted by molar-refractivity contribution is -0.389. The summed E-state index contributed by atoms with van der Waals surface area (Å²) in [5.74, 6) is -0.547. The third kappa shape index (κ3) is 3.29. The van der Waals surface area contributed by atoms with Gasteiger partial charge in [-0.1, -0.05) is 35.4 Å². The van der Waals surface area contributed by atoms with Crippen LogP contribution in [0.2, 0.25) is 0 Å². The Kier molecular flexibility index (Phi) is 4.06. The maximum atomic E-state index is 12.1. The van der Waals surface area contributed by atoms with Gasteiger partial charge in [0, 0.05) is 11.8 Å². The molecule has 0 bridgehead atoms. The molecular formula is C15H14N6O3. The summed E-state index contributed by atoms with van der Waals surface area (Å²) in [6.45, 7) is 2.46. The Balaban J connectivity index is 1.72. The Labute approximate surface area is 136 Å². The van der Waals surface area contributed by atoms with Gasteiger partial charge in [0.2, 0.25) is 0 Å². The minimum Gasteiger partial charge on any atom is -0.358 e. The molecule has 0 unspecified atom stereocenters. The fraction of sp³-hybridized carbons (Fsp3) is 0.133. The number of aryl methyl sites for hydroxylation is 1. The lowest BCUT2D eigenvalue weighted by Crippen LogP contribution is -2.13. The van der Waals surface area contributed by atoms with Gasteiger partial charge in [0.25, 0.3) is 5.91 Å². The van der Waals surface area contributed by atoms with Crippen molar-refractivity contribution in [1.82, 2.24) is 20.0 Å². The number of aromatic amines is 1. The zero-order valence-corrected chi connectivity index (χ0v) is 12.8. The Morgan fingerprint density at radius 2 is 2.08 bits per heavy atom. The van der Waals surface area contributed by atoms with E-state index in [1.54, 1.807) is 10.7 Å². The third-order valence-corrected chi connectivity index (χ3v) is 3.39. The zero-order chi connectivity index (χ0) is 17.1. The summed E-state index contributed by atoms with van der Waals surface area (Å²) in [4.78, 5) is 22.0. The molecule has 1 amide bonds. The zero-order valence-electron chi connectivity index (χ0n) is 12.8. The first-order valence-corrected chi connectivity index (χ1v) is 7.12. The Hall–Kier alpha value is -3.49. The third-order valence-electron chi connectivity index (χ3n) is 3.39. The van der Waals surface area contributed by atoms with Crippen LogP contribution in [0.15, 0.2) is 42.5 Å². The minimum absolute atomic E-state index is 0.0723. The molecule has 1 aromatic carbocycles. The molecule has 9 heteroatoms. The Bertz CT molecular complexity index is 884. The summed E-state index contributed by atoms with van der Waals surface area (Å²) >= 11 is 0. The van der Waals surface area contributed by atoms with Crippen LogP contribution < -0.4 is 5.32 Å². The molecule has 0 radical (unpaired) electrons. The number of benzene rings is 1. The van der Waals surface area contributed by atoms with Crippen molar-refractivity contribution < 1.29 is 9.72 Å². The van der Waals surface area contributed by atoms with Crippen LogP contribution in [0.25, 0.3) is 0 Å². The van der Waals surface area contributed by atoms with Gasteiger partial charge in [0.05, 0.1) is 12.6 Å². The van der Waals surface area contributed by atoms with Crippen LogP contribution in [0.4, 0.5) is 11.6 Å². The summed E-state index contributed by atoms with van der Waals surface area (Å²) in [6.07, 6.45) is 0. The number of nitrogens with zero attached hydrogens (tertiary/aromatic N) is 4. The van der Waals surface area contributed by atoms with Crippen LogP contribution in [-0.2, 0) is 6.54 Å². The molecule has 3 rings (SSSR count). The predicted molar refractivity (Wildman–Crippen MR) is 85.7 cm³/mol. The van der Waals surface area contributed by atoms with Crippen molar-refractivity contribution in [3.05, 3.63) is 69.5 Å². The molecule has 24 heavy (non-hydrogen) atoms. The summed E-state index contributed by atoms with van der Waals surface area (Å²) in [7, 11) is 0. The van der Waals surface area contributed by atoms with Gasteiger partial charge in [0.1, 0.15) is 0 Å². The number of H-pyrrole nitrogens is 1. The first kappa shape index (κ1) is 15.4. The van der Waals surface area contributed by atoms with Gasteiger partial charge in [-0.15, -0.1) is 5.10 Å². The number of carbonyl (C=O) groups is 1. The molecule has 2 heterocycles. The predicted octanol–water partition coefficient (Wildman–Crippen LogP) is 2.12. The van der Waals surface area contributed by atoms with E-state index >= 15 is 0 Å². The lowest BCUT2D eigenvalue weighted by atomic mass is 10.2. The van der Waals surface area contributed by atoms with E-state index in [4.69, 9.17) is 0 Å². The summed E-state index contributed by atoms with van der Waals surface area (Å²) in [6, 6.07) is 12.6.